The van der Waals surface area contributed by atoms with Crippen LogP contribution in [0.5, 0.6) is 0 Å². The standard InChI is InChI=1S/C21H33N3O3S/c1-5-10-24(11-14(25)13-27-21(2,3)4)12-17-22-19(26)18-15-8-6-7-9-16(15)28-20(18)23-17/h14,25H,5-13H2,1-4H3,(H,22,23,26)/t14-/m1/s1. The van der Waals surface area contributed by atoms with E-state index in [1.165, 1.54) is 16.9 Å². The fraction of sp³-hybridized carbons (Fsp3) is 0.714. The molecule has 2 N–H and O–H groups in total. The van der Waals surface area contributed by atoms with Crippen molar-refractivity contribution in [3.63, 3.8) is 0 Å². The maximum atomic E-state index is 12.7. The molecular weight excluding hydrogens is 374 g/mol. The van der Waals surface area contributed by atoms with E-state index in [0.717, 1.165) is 42.4 Å². The third-order valence-electron chi connectivity index (χ3n) is 4.96. The van der Waals surface area contributed by atoms with E-state index < -0.39 is 6.10 Å². The van der Waals surface area contributed by atoms with Gasteiger partial charge in [0.2, 0.25) is 0 Å². The normalized spacial score (nSPS) is 15.9. The lowest BCUT2D eigenvalue weighted by Crippen LogP contribution is -2.37. The average Bonchev–Trinajstić information content (AvgIpc) is 2.98. The number of hydrogen-bond acceptors (Lipinski definition) is 6. The predicted molar refractivity (Wildman–Crippen MR) is 114 cm³/mol. The lowest BCUT2D eigenvalue weighted by Gasteiger charge is -2.26. The first-order valence-corrected chi connectivity index (χ1v) is 11.2. The predicted octanol–water partition coefficient (Wildman–Crippen LogP) is 3.25. The van der Waals surface area contributed by atoms with Gasteiger partial charge in [0.15, 0.2) is 0 Å². The number of aryl methyl sites for hydroxylation is 2. The Bertz CT molecular complexity index is 853. The molecule has 1 atom stereocenters. The van der Waals surface area contributed by atoms with Gasteiger partial charge in [-0.25, -0.2) is 4.98 Å². The van der Waals surface area contributed by atoms with Gasteiger partial charge in [-0.05, 0) is 65.0 Å². The number of nitrogens with one attached hydrogen (secondary N) is 1. The van der Waals surface area contributed by atoms with Crippen molar-refractivity contribution in [1.82, 2.24) is 14.9 Å². The number of ether oxygens (including phenoxy) is 1. The summed E-state index contributed by atoms with van der Waals surface area (Å²) in [5.74, 6) is 0.675. The molecule has 0 radical (unpaired) electrons. The molecule has 0 fully saturated rings. The van der Waals surface area contributed by atoms with Crippen molar-refractivity contribution in [3.8, 4) is 0 Å². The zero-order valence-electron chi connectivity index (χ0n) is 17.5. The molecule has 1 aliphatic rings. The third kappa shape index (κ3) is 5.41. The molecule has 0 unspecified atom stereocenters. The van der Waals surface area contributed by atoms with Gasteiger partial charge >= 0.3 is 0 Å². The average molecular weight is 408 g/mol. The largest absolute Gasteiger partial charge is 0.389 e. The van der Waals surface area contributed by atoms with Gasteiger partial charge in [-0.3, -0.25) is 9.69 Å². The molecule has 0 saturated heterocycles. The second kappa shape index (κ2) is 9.03. The lowest BCUT2D eigenvalue weighted by atomic mass is 9.97. The number of aromatic nitrogens is 2. The van der Waals surface area contributed by atoms with Crippen molar-refractivity contribution in [2.75, 3.05) is 19.7 Å². The quantitative estimate of drug-likeness (QED) is 0.702. The van der Waals surface area contributed by atoms with Crippen LogP contribution < -0.4 is 5.56 Å². The number of H-pyrrole nitrogens is 1. The van der Waals surface area contributed by atoms with Crippen LogP contribution in [0.1, 0.15) is 63.2 Å². The van der Waals surface area contributed by atoms with Gasteiger partial charge in [-0.2, -0.15) is 0 Å². The first kappa shape index (κ1) is 21.4. The zero-order valence-corrected chi connectivity index (χ0v) is 18.3. The summed E-state index contributed by atoms with van der Waals surface area (Å²) < 4.78 is 5.70. The Labute approximate surface area is 170 Å². The number of hydrogen-bond donors (Lipinski definition) is 2. The second-order valence-corrected chi connectivity index (χ2v) is 9.80. The minimum atomic E-state index is -0.574. The van der Waals surface area contributed by atoms with Crippen molar-refractivity contribution < 1.29 is 9.84 Å². The summed E-state index contributed by atoms with van der Waals surface area (Å²) in [6.45, 7) is 10.2. The Balaban J connectivity index is 1.74. The van der Waals surface area contributed by atoms with E-state index in [1.54, 1.807) is 11.3 Å². The molecule has 0 saturated carbocycles. The van der Waals surface area contributed by atoms with Crippen molar-refractivity contribution >= 4 is 21.6 Å². The molecule has 1 aliphatic carbocycles. The van der Waals surface area contributed by atoms with Gasteiger partial charge < -0.3 is 14.8 Å². The third-order valence-corrected chi connectivity index (χ3v) is 6.15. The highest BCUT2D eigenvalue weighted by molar-refractivity contribution is 7.18. The van der Waals surface area contributed by atoms with Gasteiger partial charge in [-0.15, -0.1) is 11.3 Å². The van der Waals surface area contributed by atoms with Crippen LogP contribution in [0, 0.1) is 0 Å². The van der Waals surface area contributed by atoms with Crippen molar-refractivity contribution in [2.45, 2.75) is 78.0 Å². The fourth-order valence-electron chi connectivity index (χ4n) is 3.74. The van der Waals surface area contributed by atoms with E-state index in [0.29, 0.717) is 25.5 Å². The van der Waals surface area contributed by atoms with Gasteiger partial charge in [0, 0.05) is 11.4 Å². The number of thiophene rings is 1. The first-order chi connectivity index (χ1) is 13.3. The van der Waals surface area contributed by atoms with Crippen LogP contribution in [-0.2, 0) is 24.1 Å². The van der Waals surface area contributed by atoms with Gasteiger partial charge in [0.1, 0.15) is 10.7 Å². The zero-order chi connectivity index (χ0) is 20.3. The van der Waals surface area contributed by atoms with E-state index in [-0.39, 0.29) is 11.2 Å². The molecule has 2 heterocycles. The summed E-state index contributed by atoms with van der Waals surface area (Å²) in [4.78, 5) is 24.8. The van der Waals surface area contributed by atoms with E-state index in [9.17, 15) is 9.90 Å². The highest BCUT2D eigenvalue weighted by Crippen LogP contribution is 2.33. The molecule has 28 heavy (non-hydrogen) atoms. The molecule has 3 rings (SSSR count). The molecule has 0 aromatic carbocycles. The van der Waals surface area contributed by atoms with Gasteiger partial charge in [0.25, 0.3) is 5.56 Å². The van der Waals surface area contributed by atoms with Crippen molar-refractivity contribution in [3.05, 3.63) is 26.6 Å². The summed E-state index contributed by atoms with van der Waals surface area (Å²) in [5.41, 5.74) is 0.923. The topological polar surface area (TPSA) is 78.5 Å². The summed E-state index contributed by atoms with van der Waals surface area (Å²) in [6, 6.07) is 0. The van der Waals surface area contributed by atoms with Crippen LogP contribution >= 0.6 is 11.3 Å². The van der Waals surface area contributed by atoms with Gasteiger partial charge in [-0.1, -0.05) is 6.92 Å². The van der Waals surface area contributed by atoms with Crippen LogP contribution in [0.15, 0.2) is 4.79 Å². The summed E-state index contributed by atoms with van der Waals surface area (Å²) >= 11 is 1.67. The Hall–Kier alpha value is -1.28. The second-order valence-electron chi connectivity index (χ2n) is 8.72. The number of fused-ring (bicyclic) bond motifs is 3. The molecule has 6 nitrogen and oxygen atoms in total. The molecular formula is C21H33N3O3S. The van der Waals surface area contributed by atoms with Crippen LogP contribution in [-0.4, -0.2) is 51.4 Å². The maximum Gasteiger partial charge on any atom is 0.259 e. The smallest absolute Gasteiger partial charge is 0.259 e. The molecule has 0 bridgehead atoms. The van der Waals surface area contributed by atoms with Crippen LogP contribution in [0.2, 0.25) is 0 Å². The number of aliphatic hydroxyl groups excluding tert-OH is 1. The van der Waals surface area contributed by atoms with Crippen LogP contribution in [0.4, 0.5) is 0 Å². The maximum absolute atomic E-state index is 12.7. The molecule has 2 aromatic heterocycles. The van der Waals surface area contributed by atoms with E-state index in [4.69, 9.17) is 9.72 Å². The number of aromatic amines is 1. The van der Waals surface area contributed by atoms with Gasteiger partial charge in [0.05, 0.1) is 30.2 Å². The minimum Gasteiger partial charge on any atom is -0.389 e. The van der Waals surface area contributed by atoms with E-state index >= 15 is 0 Å². The number of rotatable bonds is 8. The summed E-state index contributed by atoms with van der Waals surface area (Å²) in [7, 11) is 0. The molecule has 156 valence electrons. The Morgan fingerprint density at radius 2 is 2.07 bits per heavy atom. The molecule has 2 aromatic rings. The Morgan fingerprint density at radius 3 is 2.79 bits per heavy atom. The van der Waals surface area contributed by atoms with Crippen LogP contribution in [0.3, 0.4) is 0 Å². The molecule has 0 aliphatic heterocycles. The van der Waals surface area contributed by atoms with E-state index in [1.807, 2.05) is 20.8 Å². The van der Waals surface area contributed by atoms with Crippen molar-refractivity contribution in [2.24, 2.45) is 0 Å². The molecule has 0 amide bonds. The first-order valence-electron chi connectivity index (χ1n) is 10.3. The molecule has 0 spiro atoms. The Morgan fingerprint density at radius 1 is 1.32 bits per heavy atom. The van der Waals surface area contributed by atoms with E-state index in [2.05, 4.69) is 16.8 Å². The number of aliphatic hydroxyl groups is 1. The minimum absolute atomic E-state index is 0.0209. The highest BCUT2D eigenvalue weighted by atomic mass is 32.1. The fourth-order valence-corrected chi connectivity index (χ4v) is 5.02. The molecule has 7 heteroatoms. The SMILES string of the molecule is CCCN(Cc1nc2sc3c(c2c(=O)[nH]1)CCCC3)C[C@@H](O)COC(C)(C)C. The number of nitrogens with zero attached hydrogens (tertiary/aromatic N) is 2. The monoisotopic (exact) mass is 407 g/mol. The van der Waals surface area contributed by atoms with Crippen LogP contribution in [0.25, 0.3) is 10.2 Å². The highest BCUT2D eigenvalue weighted by Gasteiger charge is 2.21. The Kier molecular flexibility index (Phi) is 6.91. The summed E-state index contributed by atoms with van der Waals surface area (Å²) in [6.07, 6.45) is 4.79. The lowest BCUT2D eigenvalue weighted by molar-refractivity contribution is -0.0568. The summed E-state index contributed by atoms with van der Waals surface area (Å²) in [5, 5.41) is 11.2. The van der Waals surface area contributed by atoms with Crippen molar-refractivity contribution in [1.29, 1.82) is 0 Å².